The van der Waals surface area contributed by atoms with Crippen molar-refractivity contribution in [3.63, 3.8) is 0 Å². The summed E-state index contributed by atoms with van der Waals surface area (Å²) in [4.78, 5) is 40.7. The molecule has 2 heterocycles. The van der Waals surface area contributed by atoms with Crippen LogP contribution in [0.5, 0.6) is 0 Å². The SMILES string of the molecule is Cn1cnc(-c2ccc3c(c2)CN([C@@H](CCC(=O)O)C(N)=O)C3=O)c1. The van der Waals surface area contributed by atoms with Crippen LogP contribution in [0.2, 0.25) is 0 Å². The quantitative estimate of drug-likeness (QED) is 0.803. The first-order valence-corrected chi connectivity index (χ1v) is 7.80. The van der Waals surface area contributed by atoms with Gasteiger partial charge in [0.05, 0.1) is 12.0 Å². The molecule has 1 aliphatic heterocycles. The molecule has 2 amide bonds. The van der Waals surface area contributed by atoms with E-state index in [1.165, 1.54) is 4.90 Å². The van der Waals surface area contributed by atoms with E-state index < -0.39 is 17.9 Å². The smallest absolute Gasteiger partial charge is 0.303 e. The molecule has 130 valence electrons. The van der Waals surface area contributed by atoms with E-state index in [0.29, 0.717) is 5.56 Å². The summed E-state index contributed by atoms with van der Waals surface area (Å²) in [5, 5.41) is 8.83. The molecule has 1 aliphatic rings. The molecule has 0 radical (unpaired) electrons. The molecule has 0 unspecified atom stereocenters. The second kappa shape index (κ2) is 6.39. The molecular formula is C17H18N4O4. The van der Waals surface area contributed by atoms with Crippen LogP contribution in [0.1, 0.15) is 28.8 Å². The van der Waals surface area contributed by atoms with Gasteiger partial charge in [0.2, 0.25) is 5.91 Å². The number of carboxylic acid groups (broad SMARTS) is 1. The number of carbonyl (C=O) groups excluding carboxylic acids is 2. The van der Waals surface area contributed by atoms with E-state index >= 15 is 0 Å². The van der Waals surface area contributed by atoms with Crippen molar-refractivity contribution in [2.24, 2.45) is 12.8 Å². The Balaban J connectivity index is 1.86. The number of fused-ring (bicyclic) bond motifs is 1. The van der Waals surface area contributed by atoms with Crippen molar-refractivity contribution in [2.45, 2.75) is 25.4 Å². The second-order valence-electron chi connectivity index (χ2n) is 6.08. The molecular weight excluding hydrogens is 324 g/mol. The number of imidazole rings is 1. The fraction of sp³-hybridized carbons (Fsp3) is 0.294. The monoisotopic (exact) mass is 342 g/mol. The third-order valence-corrected chi connectivity index (χ3v) is 4.27. The van der Waals surface area contributed by atoms with Gasteiger partial charge in [-0.2, -0.15) is 0 Å². The van der Waals surface area contributed by atoms with Crippen LogP contribution in [0.25, 0.3) is 11.3 Å². The number of carboxylic acids is 1. The molecule has 0 saturated heterocycles. The predicted octanol–water partition coefficient (Wildman–Crippen LogP) is 0.762. The minimum atomic E-state index is -1.03. The van der Waals surface area contributed by atoms with Crippen molar-refractivity contribution >= 4 is 17.8 Å². The Morgan fingerprint density at radius 3 is 2.76 bits per heavy atom. The van der Waals surface area contributed by atoms with Gasteiger partial charge in [-0.1, -0.05) is 6.07 Å². The number of hydrogen-bond donors (Lipinski definition) is 2. The van der Waals surface area contributed by atoms with E-state index in [4.69, 9.17) is 10.8 Å². The van der Waals surface area contributed by atoms with E-state index in [0.717, 1.165) is 16.8 Å². The first-order valence-electron chi connectivity index (χ1n) is 7.80. The third kappa shape index (κ3) is 3.23. The number of benzene rings is 1. The Morgan fingerprint density at radius 2 is 2.16 bits per heavy atom. The molecule has 0 spiro atoms. The van der Waals surface area contributed by atoms with Gasteiger partial charge < -0.3 is 20.3 Å². The number of nitrogens with two attached hydrogens (primary N) is 1. The van der Waals surface area contributed by atoms with Crippen molar-refractivity contribution in [3.05, 3.63) is 41.9 Å². The van der Waals surface area contributed by atoms with Crippen LogP contribution in [-0.4, -0.2) is 43.4 Å². The molecule has 25 heavy (non-hydrogen) atoms. The number of primary amides is 1. The van der Waals surface area contributed by atoms with E-state index in [9.17, 15) is 14.4 Å². The van der Waals surface area contributed by atoms with Gasteiger partial charge in [-0.05, 0) is 24.1 Å². The fourth-order valence-corrected chi connectivity index (χ4v) is 3.03. The highest BCUT2D eigenvalue weighted by Crippen LogP contribution is 2.29. The zero-order valence-electron chi connectivity index (χ0n) is 13.7. The van der Waals surface area contributed by atoms with Gasteiger partial charge in [-0.15, -0.1) is 0 Å². The van der Waals surface area contributed by atoms with Crippen LogP contribution in [0.4, 0.5) is 0 Å². The fourth-order valence-electron chi connectivity index (χ4n) is 3.03. The number of hydrogen-bond acceptors (Lipinski definition) is 4. The summed E-state index contributed by atoms with van der Waals surface area (Å²) in [5.74, 6) is -2.04. The van der Waals surface area contributed by atoms with Gasteiger partial charge in [-0.25, -0.2) is 4.98 Å². The molecule has 0 fully saturated rings. The molecule has 1 atom stereocenters. The molecule has 0 bridgehead atoms. The minimum Gasteiger partial charge on any atom is -0.481 e. The van der Waals surface area contributed by atoms with Crippen LogP contribution in [0.3, 0.4) is 0 Å². The van der Waals surface area contributed by atoms with Crippen molar-refractivity contribution in [1.29, 1.82) is 0 Å². The summed E-state index contributed by atoms with van der Waals surface area (Å²) < 4.78 is 1.83. The summed E-state index contributed by atoms with van der Waals surface area (Å²) in [6.45, 7) is 0.224. The minimum absolute atomic E-state index is 0.00249. The largest absolute Gasteiger partial charge is 0.481 e. The highest BCUT2D eigenvalue weighted by molar-refractivity contribution is 6.01. The summed E-state index contributed by atoms with van der Waals surface area (Å²) in [6, 6.07) is 4.44. The number of rotatable bonds is 6. The van der Waals surface area contributed by atoms with Gasteiger partial charge in [0, 0.05) is 37.3 Å². The second-order valence-corrected chi connectivity index (χ2v) is 6.08. The Labute approximate surface area is 143 Å². The first kappa shape index (κ1) is 16.7. The van der Waals surface area contributed by atoms with Crippen LogP contribution in [0.15, 0.2) is 30.7 Å². The van der Waals surface area contributed by atoms with Crippen molar-refractivity contribution in [2.75, 3.05) is 0 Å². The van der Waals surface area contributed by atoms with Crippen molar-refractivity contribution < 1.29 is 19.5 Å². The Bertz CT molecular complexity index is 858. The maximum absolute atomic E-state index is 12.6. The van der Waals surface area contributed by atoms with Gasteiger partial charge in [-0.3, -0.25) is 14.4 Å². The molecule has 0 saturated carbocycles. The van der Waals surface area contributed by atoms with Gasteiger partial charge >= 0.3 is 5.97 Å². The number of nitrogens with zero attached hydrogens (tertiary/aromatic N) is 3. The van der Waals surface area contributed by atoms with Gasteiger partial charge in [0.1, 0.15) is 6.04 Å². The Kier molecular flexibility index (Phi) is 4.26. The zero-order chi connectivity index (χ0) is 18.1. The van der Waals surface area contributed by atoms with E-state index in [-0.39, 0.29) is 25.3 Å². The number of amides is 2. The third-order valence-electron chi connectivity index (χ3n) is 4.27. The average Bonchev–Trinajstić information content (AvgIpc) is 3.11. The van der Waals surface area contributed by atoms with Gasteiger partial charge in [0.25, 0.3) is 5.91 Å². The van der Waals surface area contributed by atoms with E-state index in [1.807, 2.05) is 23.9 Å². The lowest BCUT2D eigenvalue weighted by atomic mass is 10.0. The first-order chi connectivity index (χ1) is 11.9. The molecule has 8 heteroatoms. The average molecular weight is 342 g/mol. The highest BCUT2D eigenvalue weighted by Gasteiger charge is 2.35. The Morgan fingerprint density at radius 1 is 1.40 bits per heavy atom. The summed E-state index contributed by atoms with van der Waals surface area (Å²) in [6.07, 6.45) is 3.33. The van der Waals surface area contributed by atoms with E-state index in [2.05, 4.69) is 4.98 Å². The molecule has 8 nitrogen and oxygen atoms in total. The van der Waals surface area contributed by atoms with Crippen LogP contribution < -0.4 is 5.73 Å². The zero-order valence-corrected chi connectivity index (χ0v) is 13.7. The van der Waals surface area contributed by atoms with Gasteiger partial charge in [0.15, 0.2) is 0 Å². The standard InChI is InChI=1S/C17H18N4O4/c1-20-8-13(19-9-20)10-2-3-12-11(6-10)7-21(17(12)25)14(16(18)24)4-5-15(22)23/h2-3,6,8-9,14H,4-5,7H2,1H3,(H2,18,24)(H,22,23)/t14-/m0/s1. The lowest BCUT2D eigenvalue weighted by Crippen LogP contribution is -2.45. The Hall–Kier alpha value is -3.16. The van der Waals surface area contributed by atoms with Crippen LogP contribution in [0, 0.1) is 0 Å². The number of aliphatic carboxylic acids is 1. The number of aryl methyl sites for hydroxylation is 1. The predicted molar refractivity (Wildman–Crippen MR) is 88.4 cm³/mol. The molecule has 3 rings (SSSR count). The topological polar surface area (TPSA) is 119 Å². The molecule has 3 N–H and O–H groups in total. The maximum atomic E-state index is 12.6. The molecule has 0 aliphatic carbocycles. The number of carbonyl (C=O) groups is 3. The summed E-state index contributed by atoms with van der Waals surface area (Å²) in [5.41, 5.74) is 8.32. The van der Waals surface area contributed by atoms with E-state index in [1.54, 1.807) is 18.5 Å². The normalized spacial score (nSPS) is 14.4. The highest BCUT2D eigenvalue weighted by atomic mass is 16.4. The summed E-state index contributed by atoms with van der Waals surface area (Å²) in [7, 11) is 1.87. The molecule has 1 aromatic heterocycles. The lowest BCUT2D eigenvalue weighted by Gasteiger charge is -2.24. The van der Waals surface area contributed by atoms with Crippen molar-refractivity contribution in [1.82, 2.24) is 14.5 Å². The van der Waals surface area contributed by atoms with Crippen molar-refractivity contribution in [3.8, 4) is 11.3 Å². The lowest BCUT2D eigenvalue weighted by molar-refractivity contribution is -0.137. The number of aromatic nitrogens is 2. The van der Waals surface area contributed by atoms with Crippen LogP contribution >= 0.6 is 0 Å². The maximum Gasteiger partial charge on any atom is 0.303 e. The summed E-state index contributed by atoms with van der Waals surface area (Å²) >= 11 is 0. The van der Waals surface area contributed by atoms with Crippen LogP contribution in [-0.2, 0) is 23.2 Å². The molecule has 2 aromatic rings. The molecule has 1 aromatic carbocycles.